The van der Waals surface area contributed by atoms with Crippen LogP contribution >= 0.6 is 11.6 Å². The Balaban J connectivity index is 2.51. The van der Waals surface area contributed by atoms with E-state index < -0.39 is 0 Å². The van der Waals surface area contributed by atoms with Crippen LogP contribution in [0.2, 0.25) is 5.28 Å². The number of nitrogens with two attached hydrogens (primary N) is 1. The number of methoxy groups -OCH3 is 1. The largest absolute Gasteiger partial charge is 0.380 e. The maximum atomic E-state index is 11.5. The second-order valence-corrected chi connectivity index (χ2v) is 3.39. The molecule has 3 N–H and O–H groups in total. The summed E-state index contributed by atoms with van der Waals surface area (Å²) in [6, 6.07) is 1.55. The third-order valence-electron chi connectivity index (χ3n) is 1.90. The Kier molecular flexibility index (Phi) is 5.10. The highest BCUT2D eigenvalue weighted by molar-refractivity contribution is 6.28. The second-order valence-electron chi connectivity index (χ2n) is 3.06. The number of halogens is 1. The summed E-state index contributed by atoms with van der Waals surface area (Å²) in [6.07, 6.45) is 1.34. The Labute approximate surface area is 98.2 Å². The minimum atomic E-state index is -0.294. The molecule has 6 nitrogen and oxygen atoms in total. The van der Waals surface area contributed by atoms with Crippen molar-refractivity contribution in [2.75, 3.05) is 19.0 Å². The number of carbonyl (C=O) groups is 1. The zero-order valence-corrected chi connectivity index (χ0v) is 9.57. The number of anilines is 1. The van der Waals surface area contributed by atoms with Crippen LogP contribution in [0.4, 0.5) is 5.82 Å². The van der Waals surface area contributed by atoms with Crippen LogP contribution in [-0.4, -0.2) is 35.6 Å². The molecule has 0 fully saturated rings. The molecule has 1 rings (SSSR count). The average molecular weight is 245 g/mol. The Morgan fingerprint density at radius 3 is 3.06 bits per heavy atom. The molecule has 1 unspecified atom stereocenters. The molecule has 0 aliphatic heterocycles. The van der Waals surface area contributed by atoms with Gasteiger partial charge in [-0.25, -0.2) is 9.97 Å². The lowest BCUT2D eigenvalue weighted by Gasteiger charge is -2.12. The van der Waals surface area contributed by atoms with Crippen LogP contribution < -0.4 is 11.1 Å². The van der Waals surface area contributed by atoms with Crippen LogP contribution in [0.5, 0.6) is 0 Å². The van der Waals surface area contributed by atoms with Crippen LogP contribution in [0.15, 0.2) is 12.3 Å². The van der Waals surface area contributed by atoms with E-state index >= 15 is 0 Å². The SMILES string of the molecule is COC(CN)CC(=O)Nc1ccnc(Cl)n1. The Bertz CT molecular complexity index is 357. The summed E-state index contributed by atoms with van der Waals surface area (Å²) in [5, 5.41) is 2.66. The van der Waals surface area contributed by atoms with Gasteiger partial charge in [0.25, 0.3) is 0 Å². The summed E-state index contributed by atoms with van der Waals surface area (Å²) >= 11 is 5.57. The fourth-order valence-corrected chi connectivity index (χ4v) is 1.22. The van der Waals surface area contributed by atoms with Gasteiger partial charge in [-0.05, 0) is 17.7 Å². The normalized spacial score (nSPS) is 12.2. The molecule has 0 aliphatic carbocycles. The minimum absolute atomic E-state index is 0.0833. The van der Waals surface area contributed by atoms with Crippen molar-refractivity contribution in [1.82, 2.24) is 9.97 Å². The number of hydrogen-bond donors (Lipinski definition) is 2. The van der Waals surface area contributed by atoms with Crippen molar-refractivity contribution in [1.29, 1.82) is 0 Å². The van der Waals surface area contributed by atoms with E-state index in [-0.39, 0.29) is 30.3 Å². The lowest BCUT2D eigenvalue weighted by Crippen LogP contribution is -2.28. The molecular formula is C9H13ClN4O2. The van der Waals surface area contributed by atoms with E-state index in [0.717, 1.165) is 0 Å². The molecule has 1 aromatic heterocycles. The molecule has 0 aliphatic rings. The molecule has 0 radical (unpaired) electrons. The molecular weight excluding hydrogens is 232 g/mol. The number of ether oxygens (including phenoxy) is 1. The summed E-state index contributed by atoms with van der Waals surface area (Å²) in [7, 11) is 1.51. The predicted octanol–water partition coefficient (Wildman–Crippen LogP) is 0.432. The van der Waals surface area contributed by atoms with Crippen LogP contribution in [-0.2, 0) is 9.53 Å². The zero-order chi connectivity index (χ0) is 12.0. The van der Waals surface area contributed by atoms with E-state index in [2.05, 4.69) is 15.3 Å². The van der Waals surface area contributed by atoms with Crippen molar-refractivity contribution < 1.29 is 9.53 Å². The Hall–Kier alpha value is -1.24. The molecule has 0 saturated heterocycles. The molecule has 1 atom stereocenters. The quantitative estimate of drug-likeness (QED) is 0.734. The van der Waals surface area contributed by atoms with E-state index in [1.54, 1.807) is 6.07 Å². The van der Waals surface area contributed by atoms with E-state index in [1.807, 2.05) is 0 Å². The van der Waals surface area contributed by atoms with Gasteiger partial charge in [0.2, 0.25) is 11.2 Å². The summed E-state index contributed by atoms with van der Waals surface area (Å²) in [4.78, 5) is 19.0. The molecule has 0 spiro atoms. The highest BCUT2D eigenvalue weighted by Gasteiger charge is 2.11. The van der Waals surface area contributed by atoms with Gasteiger partial charge in [-0.2, -0.15) is 0 Å². The van der Waals surface area contributed by atoms with Crippen LogP contribution in [0.3, 0.4) is 0 Å². The standard InChI is InChI=1S/C9H13ClN4O2/c1-16-6(5-11)4-8(15)13-7-2-3-12-9(10)14-7/h2-3,6H,4-5,11H2,1H3,(H,12,13,14,15). The van der Waals surface area contributed by atoms with Crippen molar-refractivity contribution in [3.63, 3.8) is 0 Å². The van der Waals surface area contributed by atoms with Gasteiger partial charge in [0.15, 0.2) is 0 Å². The first-order chi connectivity index (χ1) is 7.65. The number of amides is 1. The highest BCUT2D eigenvalue weighted by Crippen LogP contribution is 2.07. The number of rotatable bonds is 5. The van der Waals surface area contributed by atoms with E-state index in [0.29, 0.717) is 5.82 Å². The van der Waals surface area contributed by atoms with Crippen molar-refractivity contribution in [2.45, 2.75) is 12.5 Å². The molecule has 7 heteroatoms. The van der Waals surface area contributed by atoms with Crippen LogP contribution in [0.1, 0.15) is 6.42 Å². The van der Waals surface area contributed by atoms with Crippen molar-refractivity contribution in [3.05, 3.63) is 17.5 Å². The number of nitrogens with one attached hydrogen (secondary N) is 1. The Morgan fingerprint density at radius 1 is 1.75 bits per heavy atom. The smallest absolute Gasteiger partial charge is 0.228 e. The molecule has 88 valence electrons. The van der Waals surface area contributed by atoms with E-state index in [9.17, 15) is 4.79 Å². The monoisotopic (exact) mass is 244 g/mol. The molecule has 1 amide bonds. The van der Waals surface area contributed by atoms with Gasteiger partial charge in [-0.15, -0.1) is 0 Å². The highest BCUT2D eigenvalue weighted by atomic mass is 35.5. The number of aromatic nitrogens is 2. The molecule has 0 aromatic carbocycles. The third-order valence-corrected chi connectivity index (χ3v) is 2.09. The van der Waals surface area contributed by atoms with Gasteiger partial charge in [-0.3, -0.25) is 4.79 Å². The van der Waals surface area contributed by atoms with Gasteiger partial charge in [0, 0.05) is 19.9 Å². The first kappa shape index (κ1) is 12.8. The van der Waals surface area contributed by atoms with Crippen molar-refractivity contribution in [3.8, 4) is 0 Å². The van der Waals surface area contributed by atoms with Crippen LogP contribution in [0, 0.1) is 0 Å². The lowest BCUT2D eigenvalue weighted by molar-refractivity contribution is -0.118. The topological polar surface area (TPSA) is 90.1 Å². The van der Waals surface area contributed by atoms with Crippen LogP contribution in [0.25, 0.3) is 0 Å². The number of nitrogens with zero attached hydrogens (tertiary/aromatic N) is 2. The molecule has 0 saturated carbocycles. The van der Waals surface area contributed by atoms with E-state index in [1.165, 1.54) is 13.3 Å². The molecule has 1 aromatic rings. The molecule has 16 heavy (non-hydrogen) atoms. The van der Waals surface area contributed by atoms with Crippen molar-refractivity contribution in [2.24, 2.45) is 5.73 Å². The fourth-order valence-electron chi connectivity index (χ4n) is 1.07. The minimum Gasteiger partial charge on any atom is -0.380 e. The van der Waals surface area contributed by atoms with Gasteiger partial charge < -0.3 is 15.8 Å². The summed E-state index contributed by atoms with van der Waals surface area (Å²) < 4.78 is 4.99. The summed E-state index contributed by atoms with van der Waals surface area (Å²) in [5.41, 5.74) is 5.40. The second kappa shape index (κ2) is 6.37. The van der Waals surface area contributed by atoms with Gasteiger partial charge >= 0.3 is 0 Å². The summed E-state index contributed by atoms with van der Waals surface area (Å²) in [6.45, 7) is 0.286. The first-order valence-electron chi connectivity index (χ1n) is 4.67. The van der Waals surface area contributed by atoms with Gasteiger partial charge in [-0.1, -0.05) is 0 Å². The molecule has 1 heterocycles. The molecule has 0 bridgehead atoms. The Morgan fingerprint density at radius 2 is 2.50 bits per heavy atom. The zero-order valence-electron chi connectivity index (χ0n) is 8.81. The maximum Gasteiger partial charge on any atom is 0.228 e. The average Bonchev–Trinajstić information content (AvgIpc) is 2.26. The first-order valence-corrected chi connectivity index (χ1v) is 5.04. The predicted molar refractivity (Wildman–Crippen MR) is 60.1 cm³/mol. The lowest BCUT2D eigenvalue weighted by atomic mass is 10.2. The summed E-state index contributed by atoms with van der Waals surface area (Å²) in [5.74, 6) is 0.129. The van der Waals surface area contributed by atoms with Gasteiger partial charge in [0.05, 0.1) is 12.5 Å². The third kappa shape index (κ3) is 4.09. The van der Waals surface area contributed by atoms with Crippen molar-refractivity contribution >= 4 is 23.3 Å². The fraction of sp³-hybridized carbons (Fsp3) is 0.444. The number of carbonyl (C=O) groups excluding carboxylic acids is 1. The van der Waals surface area contributed by atoms with E-state index in [4.69, 9.17) is 22.1 Å². The maximum absolute atomic E-state index is 11.5. The van der Waals surface area contributed by atoms with Gasteiger partial charge in [0.1, 0.15) is 5.82 Å². The number of hydrogen-bond acceptors (Lipinski definition) is 5.